The number of hydrogen-bond acceptors (Lipinski definition) is 4. The Morgan fingerprint density at radius 3 is 0.707 bits per heavy atom. The average Bonchev–Trinajstić information content (AvgIpc) is 3.78. The van der Waals surface area contributed by atoms with Gasteiger partial charge in [0.2, 0.25) is 0 Å². The van der Waals surface area contributed by atoms with E-state index < -0.39 is 0 Å². The lowest BCUT2D eigenvalue weighted by Gasteiger charge is -2.21. The summed E-state index contributed by atoms with van der Waals surface area (Å²) < 4.78 is 4.49. The lowest BCUT2D eigenvalue weighted by molar-refractivity contribution is 1.05. The highest BCUT2D eigenvalue weighted by molar-refractivity contribution is 5.81. The summed E-state index contributed by atoms with van der Waals surface area (Å²) in [5, 5.41) is 19.5. The third kappa shape index (κ3) is 6.76. The summed E-state index contributed by atoms with van der Waals surface area (Å²) >= 11 is 0. The number of hydrogen-bond donors (Lipinski definition) is 0. The average molecular weight is 761 g/mol. The molecule has 8 rings (SSSR count). The van der Waals surface area contributed by atoms with Crippen molar-refractivity contribution in [3.63, 3.8) is 0 Å². The molecule has 6 aromatic carbocycles. The molecule has 0 unspecified atom stereocenters. The summed E-state index contributed by atoms with van der Waals surface area (Å²) in [6.45, 7) is 26.1. The second kappa shape index (κ2) is 14.8. The van der Waals surface area contributed by atoms with E-state index in [4.69, 9.17) is 20.4 Å². The minimum atomic E-state index is 0.837. The third-order valence-corrected chi connectivity index (χ3v) is 11.6. The largest absolute Gasteiger partial charge is 0.275 e. The van der Waals surface area contributed by atoms with E-state index in [1.807, 2.05) is 0 Å². The molecule has 0 bridgehead atoms. The Morgan fingerprint density at radius 1 is 0.276 bits per heavy atom. The molecule has 0 spiro atoms. The molecule has 0 aliphatic carbocycles. The first-order valence-electron chi connectivity index (χ1n) is 20.1. The van der Waals surface area contributed by atoms with E-state index in [1.165, 1.54) is 77.9 Å². The highest BCUT2D eigenvalue weighted by Crippen LogP contribution is 2.40. The maximum atomic E-state index is 4.87. The van der Waals surface area contributed by atoms with E-state index in [9.17, 15) is 0 Å². The van der Waals surface area contributed by atoms with Crippen molar-refractivity contribution in [1.82, 2.24) is 29.5 Å². The highest BCUT2D eigenvalue weighted by atomic mass is 15.3. The molecule has 2 heterocycles. The zero-order valence-corrected chi connectivity index (χ0v) is 35.9. The van der Waals surface area contributed by atoms with E-state index in [0.717, 1.165) is 56.9 Å². The van der Waals surface area contributed by atoms with Crippen molar-refractivity contribution in [3.05, 3.63) is 164 Å². The van der Waals surface area contributed by atoms with Gasteiger partial charge in [-0.05, 0) is 163 Å². The number of nitrogens with zero attached hydrogens (tertiary/aromatic N) is 6. The van der Waals surface area contributed by atoms with Crippen LogP contribution in [0.4, 0.5) is 0 Å². The summed E-state index contributed by atoms with van der Waals surface area (Å²) in [7, 11) is 0. The molecule has 0 saturated heterocycles. The van der Waals surface area contributed by atoms with E-state index in [2.05, 4.69) is 189 Å². The summed E-state index contributed by atoms with van der Waals surface area (Å²) in [6.07, 6.45) is 0. The van der Waals surface area contributed by atoms with Crippen LogP contribution in [0.25, 0.3) is 68.1 Å². The molecule has 0 radical (unpaired) electrons. The SMILES string of the molecule is Cc1ccc(-c2nnc(-c3ccc(C)cc3C)n2-c2cc(C)c(-c3c(C)cc(-n4c(-c5ccc(C)cc5C)nnc4-c4ccc(C)cc4C)cc3C)c(C)c2)c(C)c1. The van der Waals surface area contributed by atoms with E-state index >= 15 is 0 Å². The van der Waals surface area contributed by atoms with Crippen molar-refractivity contribution < 1.29 is 0 Å². The quantitative estimate of drug-likeness (QED) is 0.162. The van der Waals surface area contributed by atoms with Crippen molar-refractivity contribution >= 4 is 0 Å². The molecule has 0 fully saturated rings. The van der Waals surface area contributed by atoms with Gasteiger partial charge < -0.3 is 0 Å². The highest BCUT2D eigenvalue weighted by Gasteiger charge is 2.24. The van der Waals surface area contributed by atoms with Gasteiger partial charge >= 0.3 is 0 Å². The van der Waals surface area contributed by atoms with Crippen molar-refractivity contribution in [2.24, 2.45) is 0 Å². The summed E-state index contributed by atoms with van der Waals surface area (Å²) in [6, 6.07) is 35.4. The zero-order chi connectivity index (χ0) is 41.2. The number of aromatic nitrogens is 6. The third-order valence-electron chi connectivity index (χ3n) is 11.6. The second-order valence-corrected chi connectivity index (χ2v) is 16.5. The monoisotopic (exact) mass is 760 g/mol. The Bertz CT molecular complexity index is 2540. The molecule has 0 aliphatic rings. The van der Waals surface area contributed by atoms with Crippen LogP contribution in [-0.4, -0.2) is 29.5 Å². The molecule has 8 aromatic rings. The van der Waals surface area contributed by atoms with Gasteiger partial charge in [0.1, 0.15) is 0 Å². The van der Waals surface area contributed by atoms with Gasteiger partial charge in [0.05, 0.1) is 0 Å². The molecule has 0 atom stereocenters. The Morgan fingerprint density at radius 2 is 0.500 bits per heavy atom. The number of aryl methyl sites for hydroxylation is 12. The van der Waals surface area contributed by atoms with Gasteiger partial charge in [0, 0.05) is 33.6 Å². The first-order chi connectivity index (χ1) is 27.7. The topological polar surface area (TPSA) is 61.4 Å². The first-order valence-corrected chi connectivity index (χ1v) is 20.1. The fourth-order valence-electron chi connectivity index (χ4n) is 8.94. The predicted octanol–water partition coefficient (Wildman–Crippen LogP) is 12.9. The minimum Gasteiger partial charge on any atom is -0.275 e. The standard InChI is InChI=1S/C52H52N6/c1-29-13-17-43(33(5)21-29)49-53-54-50(44-18-14-30(2)22-34(44)6)57(49)41-25-37(9)47(38(10)26-41)48-39(11)27-42(28-40(48)12)58-51(45-19-15-31(3)23-35(45)7)55-56-52(58)46-20-16-32(4)24-36(46)8/h13-28H,1-12H3. The van der Waals surface area contributed by atoms with E-state index in [-0.39, 0.29) is 0 Å². The van der Waals surface area contributed by atoms with Crippen LogP contribution >= 0.6 is 0 Å². The van der Waals surface area contributed by atoms with Crippen molar-refractivity contribution in [2.75, 3.05) is 0 Å². The predicted molar refractivity (Wildman–Crippen MR) is 240 cm³/mol. The van der Waals surface area contributed by atoms with Crippen LogP contribution in [0.3, 0.4) is 0 Å². The maximum Gasteiger partial charge on any atom is 0.169 e. The molecule has 2 aromatic heterocycles. The van der Waals surface area contributed by atoms with Gasteiger partial charge in [-0.3, -0.25) is 9.13 Å². The zero-order valence-electron chi connectivity index (χ0n) is 35.9. The normalized spacial score (nSPS) is 11.4. The van der Waals surface area contributed by atoms with Crippen molar-refractivity contribution in [1.29, 1.82) is 0 Å². The molecule has 0 N–H and O–H groups in total. The van der Waals surface area contributed by atoms with E-state index in [0.29, 0.717) is 0 Å². The van der Waals surface area contributed by atoms with Crippen molar-refractivity contribution in [3.8, 4) is 68.1 Å². The molecule has 0 amide bonds. The van der Waals surface area contributed by atoms with Gasteiger partial charge in [-0.15, -0.1) is 20.4 Å². The lowest BCUT2D eigenvalue weighted by Crippen LogP contribution is -2.06. The molecule has 6 heteroatoms. The Kier molecular flexibility index (Phi) is 9.84. The Hall–Kier alpha value is -6.40. The summed E-state index contributed by atoms with van der Waals surface area (Å²) in [5.74, 6) is 3.35. The van der Waals surface area contributed by atoms with Gasteiger partial charge in [-0.2, -0.15) is 0 Å². The van der Waals surface area contributed by atoms with Crippen LogP contribution in [0.5, 0.6) is 0 Å². The van der Waals surface area contributed by atoms with Crippen LogP contribution in [0.15, 0.2) is 97.1 Å². The fraction of sp³-hybridized carbons (Fsp3) is 0.231. The van der Waals surface area contributed by atoms with Gasteiger partial charge in [0.25, 0.3) is 0 Å². The smallest absolute Gasteiger partial charge is 0.169 e. The van der Waals surface area contributed by atoms with Gasteiger partial charge in [0.15, 0.2) is 23.3 Å². The molecule has 58 heavy (non-hydrogen) atoms. The van der Waals surface area contributed by atoms with E-state index in [1.54, 1.807) is 0 Å². The van der Waals surface area contributed by atoms with Gasteiger partial charge in [-0.1, -0.05) is 95.1 Å². The molecule has 0 saturated carbocycles. The van der Waals surface area contributed by atoms with Crippen LogP contribution in [0.1, 0.15) is 66.8 Å². The molecule has 290 valence electrons. The Balaban J connectivity index is 1.29. The first kappa shape index (κ1) is 38.5. The summed E-state index contributed by atoms with van der Waals surface area (Å²) in [4.78, 5) is 0. The summed E-state index contributed by atoms with van der Waals surface area (Å²) in [5.41, 5.74) is 23.2. The molecule has 6 nitrogen and oxygen atoms in total. The van der Waals surface area contributed by atoms with Gasteiger partial charge in [-0.25, -0.2) is 0 Å². The van der Waals surface area contributed by atoms with Crippen LogP contribution in [-0.2, 0) is 0 Å². The Labute approximate surface area is 343 Å². The number of rotatable bonds is 7. The maximum absolute atomic E-state index is 4.87. The van der Waals surface area contributed by atoms with Crippen LogP contribution in [0, 0.1) is 83.1 Å². The van der Waals surface area contributed by atoms with Crippen LogP contribution < -0.4 is 0 Å². The minimum absolute atomic E-state index is 0.837. The molecular weight excluding hydrogens is 709 g/mol. The molecular formula is C52H52N6. The number of benzene rings is 6. The molecule has 0 aliphatic heterocycles. The lowest BCUT2D eigenvalue weighted by atomic mass is 9.88. The van der Waals surface area contributed by atoms with Crippen molar-refractivity contribution in [2.45, 2.75) is 83.1 Å². The van der Waals surface area contributed by atoms with Crippen LogP contribution in [0.2, 0.25) is 0 Å². The fourth-order valence-corrected chi connectivity index (χ4v) is 8.94. The second-order valence-electron chi connectivity index (χ2n) is 16.5.